The Morgan fingerprint density at radius 2 is 2.14 bits per heavy atom. The highest BCUT2D eigenvalue weighted by atomic mass is 16.1. The summed E-state index contributed by atoms with van der Waals surface area (Å²) < 4.78 is 0. The van der Waals surface area contributed by atoms with Crippen LogP contribution in [0.25, 0.3) is 0 Å². The Kier molecular flexibility index (Phi) is 4.35. The van der Waals surface area contributed by atoms with Gasteiger partial charge in [-0.15, -0.1) is 0 Å². The van der Waals surface area contributed by atoms with E-state index in [1.165, 1.54) is 19.3 Å². The first-order valence-electron chi connectivity index (χ1n) is 5.40. The Hall–Kier alpha value is -0.610. The summed E-state index contributed by atoms with van der Waals surface area (Å²) in [4.78, 5) is 10.9. The van der Waals surface area contributed by atoms with Crippen LogP contribution in [0.4, 0.5) is 0 Å². The van der Waals surface area contributed by atoms with Crippen LogP contribution < -0.4 is 16.8 Å². The molecule has 4 nitrogen and oxygen atoms in total. The molecule has 1 saturated carbocycles. The first kappa shape index (κ1) is 11.5. The summed E-state index contributed by atoms with van der Waals surface area (Å²) in [6.45, 7) is 2.51. The van der Waals surface area contributed by atoms with Gasteiger partial charge in [0.05, 0.1) is 6.04 Å². The zero-order valence-electron chi connectivity index (χ0n) is 8.83. The molecule has 0 heterocycles. The first-order chi connectivity index (χ1) is 6.65. The topological polar surface area (TPSA) is 81.1 Å². The van der Waals surface area contributed by atoms with E-state index in [9.17, 15) is 4.79 Å². The third-order valence-electron chi connectivity index (χ3n) is 3.10. The maximum absolute atomic E-state index is 10.9. The molecular weight excluding hydrogens is 178 g/mol. The Balaban J connectivity index is 2.44. The molecule has 1 aliphatic carbocycles. The van der Waals surface area contributed by atoms with Crippen LogP contribution in [0.3, 0.4) is 0 Å². The van der Waals surface area contributed by atoms with Crippen molar-refractivity contribution in [3.05, 3.63) is 0 Å². The van der Waals surface area contributed by atoms with Crippen LogP contribution in [0.5, 0.6) is 0 Å². The minimum atomic E-state index is -0.286. The number of hydrogen-bond donors (Lipinski definition) is 3. The van der Waals surface area contributed by atoms with Crippen LogP contribution in [0, 0.1) is 5.92 Å². The van der Waals surface area contributed by atoms with Crippen molar-refractivity contribution in [1.82, 2.24) is 5.32 Å². The van der Waals surface area contributed by atoms with Crippen molar-refractivity contribution in [2.45, 2.75) is 44.7 Å². The standard InChI is InChI=1S/C10H21N3O/c1-7(10(12)14)13-9-5-3-2-4-8(9)6-11/h7-9,13H,2-6,11H2,1H3,(H2,12,14). The SMILES string of the molecule is CC(NC1CCCCC1CN)C(N)=O. The van der Waals surface area contributed by atoms with Gasteiger partial charge in [0.2, 0.25) is 5.91 Å². The van der Waals surface area contributed by atoms with E-state index in [1.807, 2.05) is 6.92 Å². The van der Waals surface area contributed by atoms with E-state index in [0.29, 0.717) is 18.5 Å². The van der Waals surface area contributed by atoms with Gasteiger partial charge in [0, 0.05) is 6.04 Å². The molecule has 3 atom stereocenters. The summed E-state index contributed by atoms with van der Waals surface area (Å²) in [6, 6.07) is 0.128. The number of primary amides is 1. The molecule has 0 spiro atoms. The second-order valence-corrected chi connectivity index (χ2v) is 4.18. The lowest BCUT2D eigenvalue weighted by atomic mass is 9.84. The first-order valence-corrected chi connectivity index (χ1v) is 5.40. The molecule has 1 aliphatic rings. The molecule has 0 aromatic carbocycles. The fourth-order valence-corrected chi connectivity index (χ4v) is 2.11. The van der Waals surface area contributed by atoms with Crippen LogP contribution in [-0.4, -0.2) is 24.5 Å². The maximum atomic E-state index is 10.9. The molecule has 0 bridgehead atoms. The zero-order chi connectivity index (χ0) is 10.6. The van der Waals surface area contributed by atoms with Crippen LogP contribution in [0.15, 0.2) is 0 Å². The molecule has 1 fully saturated rings. The molecule has 5 N–H and O–H groups in total. The summed E-state index contributed by atoms with van der Waals surface area (Å²) in [6.07, 6.45) is 4.75. The second-order valence-electron chi connectivity index (χ2n) is 4.18. The van der Waals surface area contributed by atoms with Gasteiger partial charge in [-0.2, -0.15) is 0 Å². The van der Waals surface area contributed by atoms with Gasteiger partial charge in [0.25, 0.3) is 0 Å². The second kappa shape index (κ2) is 5.32. The van der Waals surface area contributed by atoms with Gasteiger partial charge in [-0.25, -0.2) is 0 Å². The minimum Gasteiger partial charge on any atom is -0.368 e. The highest BCUT2D eigenvalue weighted by Crippen LogP contribution is 2.23. The van der Waals surface area contributed by atoms with Gasteiger partial charge in [0.1, 0.15) is 0 Å². The van der Waals surface area contributed by atoms with Crippen molar-refractivity contribution < 1.29 is 4.79 Å². The maximum Gasteiger partial charge on any atom is 0.234 e. The number of hydrogen-bond acceptors (Lipinski definition) is 3. The average molecular weight is 199 g/mol. The Morgan fingerprint density at radius 1 is 1.50 bits per heavy atom. The summed E-state index contributed by atoms with van der Waals surface area (Å²) >= 11 is 0. The summed E-state index contributed by atoms with van der Waals surface area (Å²) in [5, 5.41) is 3.26. The largest absolute Gasteiger partial charge is 0.368 e. The monoisotopic (exact) mass is 199 g/mol. The number of carbonyl (C=O) groups excluding carboxylic acids is 1. The molecule has 82 valence electrons. The highest BCUT2D eigenvalue weighted by molar-refractivity contribution is 5.79. The van der Waals surface area contributed by atoms with Gasteiger partial charge in [-0.1, -0.05) is 12.8 Å². The van der Waals surface area contributed by atoms with Gasteiger partial charge < -0.3 is 16.8 Å². The number of carbonyl (C=O) groups is 1. The van der Waals surface area contributed by atoms with Crippen LogP contribution in [0.1, 0.15) is 32.6 Å². The van der Waals surface area contributed by atoms with Gasteiger partial charge >= 0.3 is 0 Å². The molecule has 0 aromatic rings. The van der Waals surface area contributed by atoms with Crippen molar-refractivity contribution in [2.24, 2.45) is 17.4 Å². The van der Waals surface area contributed by atoms with Crippen LogP contribution >= 0.6 is 0 Å². The van der Waals surface area contributed by atoms with E-state index >= 15 is 0 Å². The minimum absolute atomic E-state index is 0.243. The van der Waals surface area contributed by atoms with Crippen molar-refractivity contribution >= 4 is 5.91 Å². The summed E-state index contributed by atoms with van der Waals surface area (Å²) in [7, 11) is 0. The number of nitrogens with two attached hydrogens (primary N) is 2. The molecule has 1 amide bonds. The van der Waals surface area contributed by atoms with Crippen LogP contribution in [0.2, 0.25) is 0 Å². The fraction of sp³-hybridized carbons (Fsp3) is 0.900. The molecule has 0 aromatic heterocycles. The molecule has 14 heavy (non-hydrogen) atoms. The van der Waals surface area contributed by atoms with Gasteiger partial charge in [-0.05, 0) is 32.2 Å². The van der Waals surface area contributed by atoms with Crippen LogP contribution in [-0.2, 0) is 4.79 Å². The predicted octanol–water partition coefficient (Wildman–Crippen LogP) is -0.0327. The van der Waals surface area contributed by atoms with Gasteiger partial charge in [0.15, 0.2) is 0 Å². The smallest absolute Gasteiger partial charge is 0.234 e. The van der Waals surface area contributed by atoms with Crippen molar-refractivity contribution in [3.63, 3.8) is 0 Å². The molecule has 0 radical (unpaired) electrons. The molecule has 3 unspecified atom stereocenters. The third kappa shape index (κ3) is 2.96. The average Bonchev–Trinajstić information content (AvgIpc) is 2.18. The lowest BCUT2D eigenvalue weighted by Gasteiger charge is -2.32. The normalized spacial score (nSPS) is 29.9. The van der Waals surface area contributed by atoms with E-state index in [1.54, 1.807) is 0 Å². The molecule has 1 rings (SSSR count). The zero-order valence-corrected chi connectivity index (χ0v) is 8.83. The fourth-order valence-electron chi connectivity index (χ4n) is 2.11. The number of nitrogens with one attached hydrogen (secondary N) is 1. The number of rotatable bonds is 4. The Labute approximate surface area is 85.4 Å². The molecule has 0 saturated heterocycles. The van der Waals surface area contributed by atoms with E-state index in [4.69, 9.17) is 11.5 Å². The predicted molar refractivity (Wildman–Crippen MR) is 56.6 cm³/mol. The third-order valence-corrected chi connectivity index (χ3v) is 3.10. The van der Waals surface area contributed by atoms with Crippen molar-refractivity contribution in [3.8, 4) is 0 Å². The molecule has 0 aliphatic heterocycles. The summed E-state index contributed by atoms with van der Waals surface area (Å²) in [5.74, 6) is 0.219. The van der Waals surface area contributed by atoms with Gasteiger partial charge in [-0.3, -0.25) is 4.79 Å². The lowest BCUT2D eigenvalue weighted by molar-refractivity contribution is -0.119. The van der Waals surface area contributed by atoms with Crippen molar-refractivity contribution in [1.29, 1.82) is 0 Å². The van der Waals surface area contributed by atoms with Crippen molar-refractivity contribution in [2.75, 3.05) is 6.54 Å². The number of amides is 1. The quantitative estimate of drug-likeness (QED) is 0.594. The van der Waals surface area contributed by atoms with E-state index in [-0.39, 0.29) is 11.9 Å². The van der Waals surface area contributed by atoms with E-state index < -0.39 is 0 Å². The highest BCUT2D eigenvalue weighted by Gasteiger charge is 2.25. The molecular formula is C10H21N3O. The summed E-state index contributed by atoms with van der Waals surface area (Å²) in [5.41, 5.74) is 10.9. The Bertz CT molecular complexity index is 196. The molecule has 4 heteroatoms. The Morgan fingerprint density at radius 3 is 2.71 bits per heavy atom. The van der Waals surface area contributed by atoms with E-state index in [0.717, 1.165) is 6.42 Å². The van der Waals surface area contributed by atoms with E-state index in [2.05, 4.69) is 5.32 Å². The lowest BCUT2D eigenvalue weighted by Crippen LogP contribution is -2.50.